The number of nitrogen functional groups attached to an aromatic ring is 1. The minimum atomic E-state index is -1.13. The number of nitrogens with two attached hydrogens (primary N) is 1. The quantitative estimate of drug-likeness (QED) is 0.269. The van der Waals surface area contributed by atoms with E-state index in [-0.39, 0.29) is 29.3 Å². The van der Waals surface area contributed by atoms with E-state index in [0.717, 1.165) is 18.5 Å². The number of fused-ring (bicyclic) bond motifs is 1. The van der Waals surface area contributed by atoms with Crippen LogP contribution in [0.3, 0.4) is 0 Å². The zero-order chi connectivity index (χ0) is 27.0. The summed E-state index contributed by atoms with van der Waals surface area (Å²) in [5.74, 6) is 0.239. The first kappa shape index (κ1) is 26.3. The minimum Gasteiger partial charge on any atom is -0.388 e. The van der Waals surface area contributed by atoms with Crippen molar-refractivity contribution in [3.05, 3.63) is 42.5 Å². The number of imidazole rings is 1. The number of urea groups is 1. The van der Waals surface area contributed by atoms with Crippen LogP contribution in [-0.4, -0.2) is 72.7 Å². The van der Waals surface area contributed by atoms with Crippen LogP contribution in [0.15, 0.2) is 36.9 Å². The lowest BCUT2D eigenvalue weighted by Crippen LogP contribution is -2.53. The van der Waals surface area contributed by atoms with Gasteiger partial charge in [-0.25, -0.2) is 19.7 Å². The van der Waals surface area contributed by atoms with E-state index in [4.69, 9.17) is 10.5 Å². The summed E-state index contributed by atoms with van der Waals surface area (Å²) >= 11 is 0. The maximum absolute atomic E-state index is 12.4. The first-order valence-electron chi connectivity index (χ1n) is 13.0. The Kier molecular flexibility index (Phi) is 7.23. The van der Waals surface area contributed by atoms with Crippen LogP contribution >= 0.6 is 0 Å². The standard InChI is InChI=1S/C26H36N8O4/c1-26(2,3)14-4-6-15(7-5-14)32-25(37)33-17-10-16(11-17)28-9-8-18-20(35)21(36)24(38-18)34-13-31-19-22(27)29-12-30-23(19)34/h4-7,12-13,16-18,20-21,24,28,35-36H,8-11H2,1-3H3,(H2,27,29,30)(H2,32,33,37)/t16?,17?,18-,20-,21-,24-/m1/s1. The van der Waals surface area contributed by atoms with Crippen molar-refractivity contribution < 1.29 is 19.7 Å². The number of hydrogen-bond donors (Lipinski definition) is 6. The summed E-state index contributed by atoms with van der Waals surface area (Å²) in [5.41, 5.74) is 8.75. The molecule has 0 radical (unpaired) electrons. The largest absolute Gasteiger partial charge is 0.388 e. The van der Waals surface area contributed by atoms with Gasteiger partial charge in [0.25, 0.3) is 0 Å². The number of amides is 2. The van der Waals surface area contributed by atoms with Crippen molar-refractivity contribution in [2.24, 2.45) is 0 Å². The number of benzene rings is 1. The van der Waals surface area contributed by atoms with Gasteiger partial charge in [-0.1, -0.05) is 32.9 Å². The van der Waals surface area contributed by atoms with E-state index in [0.29, 0.717) is 24.1 Å². The number of aromatic nitrogens is 4. The van der Waals surface area contributed by atoms with Crippen LogP contribution in [0.25, 0.3) is 11.2 Å². The third kappa shape index (κ3) is 5.44. The Balaban J connectivity index is 1.03. The van der Waals surface area contributed by atoms with Crippen LogP contribution < -0.4 is 21.7 Å². The molecule has 2 fully saturated rings. The molecule has 2 amide bonds. The predicted octanol–water partition coefficient (Wildman–Crippen LogP) is 1.66. The van der Waals surface area contributed by atoms with Crippen molar-refractivity contribution >= 4 is 28.7 Å². The SMILES string of the molecule is CC(C)(C)c1ccc(NC(=O)NC2CC(NCC[C@H]3O[C@@H](n4cnc5c(N)ncnc54)[C@H](O)[C@@H]3O)C2)cc1. The van der Waals surface area contributed by atoms with Gasteiger partial charge in [0.05, 0.1) is 12.4 Å². The van der Waals surface area contributed by atoms with E-state index in [9.17, 15) is 15.0 Å². The number of hydrogen-bond acceptors (Lipinski definition) is 9. The average molecular weight is 525 g/mol. The highest BCUT2D eigenvalue weighted by Crippen LogP contribution is 2.33. The molecule has 12 heteroatoms. The molecule has 7 N–H and O–H groups in total. The zero-order valence-electron chi connectivity index (χ0n) is 21.8. The Morgan fingerprint density at radius 3 is 2.55 bits per heavy atom. The van der Waals surface area contributed by atoms with Crippen LogP contribution in [0.4, 0.5) is 16.3 Å². The minimum absolute atomic E-state index is 0.0671. The molecule has 1 saturated heterocycles. The molecule has 38 heavy (non-hydrogen) atoms. The number of ether oxygens (including phenoxy) is 1. The van der Waals surface area contributed by atoms with Gasteiger partial charge < -0.3 is 36.6 Å². The van der Waals surface area contributed by atoms with Gasteiger partial charge in [0.1, 0.15) is 24.1 Å². The van der Waals surface area contributed by atoms with E-state index >= 15 is 0 Å². The van der Waals surface area contributed by atoms with E-state index in [2.05, 4.69) is 51.7 Å². The fourth-order valence-electron chi connectivity index (χ4n) is 4.99. The Morgan fingerprint density at radius 1 is 1.11 bits per heavy atom. The monoisotopic (exact) mass is 524 g/mol. The topological polar surface area (TPSA) is 172 Å². The second-order valence-electron chi connectivity index (χ2n) is 11.2. The fourth-order valence-corrected chi connectivity index (χ4v) is 4.99. The molecule has 2 aliphatic rings. The van der Waals surface area contributed by atoms with Gasteiger partial charge in [-0.2, -0.15) is 0 Å². The maximum atomic E-state index is 12.4. The lowest BCUT2D eigenvalue weighted by atomic mass is 9.86. The number of nitrogens with zero attached hydrogens (tertiary/aromatic N) is 4. The Bertz CT molecular complexity index is 1270. The van der Waals surface area contributed by atoms with Gasteiger partial charge in [-0.05, 0) is 48.9 Å². The summed E-state index contributed by atoms with van der Waals surface area (Å²) in [4.78, 5) is 24.7. The van der Waals surface area contributed by atoms with Crippen LogP contribution in [0, 0.1) is 0 Å². The normalized spacial score (nSPS) is 27.3. The third-order valence-electron chi connectivity index (χ3n) is 7.34. The summed E-state index contributed by atoms with van der Waals surface area (Å²) in [6.45, 7) is 7.07. The highest BCUT2D eigenvalue weighted by atomic mass is 16.6. The highest BCUT2D eigenvalue weighted by Gasteiger charge is 2.44. The number of carbonyl (C=O) groups is 1. The van der Waals surface area contributed by atoms with Gasteiger partial charge in [0.15, 0.2) is 17.7 Å². The second-order valence-corrected chi connectivity index (χ2v) is 11.2. The average Bonchev–Trinajstić information content (AvgIpc) is 3.39. The molecule has 12 nitrogen and oxygen atoms in total. The van der Waals surface area contributed by atoms with E-state index in [1.165, 1.54) is 18.2 Å². The van der Waals surface area contributed by atoms with E-state index < -0.39 is 24.5 Å². The molecule has 0 spiro atoms. The first-order chi connectivity index (χ1) is 18.1. The molecular formula is C26H36N8O4. The van der Waals surface area contributed by atoms with Gasteiger partial charge in [0.2, 0.25) is 0 Å². The fraction of sp³-hybridized carbons (Fsp3) is 0.538. The lowest BCUT2D eigenvalue weighted by Gasteiger charge is -2.36. The van der Waals surface area contributed by atoms with Crippen molar-refractivity contribution in [2.45, 2.75) is 82.1 Å². The smallest absolute Gasteiger partial charge is 0.319 e. The van der Waals surface area contributed by atoms with Gasteiger partial charge >= 0.3 is 6.03 Å². The number of nitrogens with one attached hydrogen (secondary N) is 3. The summed E-state index contributed by atoms with van der Waals surface area (Å²) in [7, 11) is 0. The molecule has 1 aromatic carbocycles. The summed E-state index contributed by atoms with van der Waals surface area (Å²) in [5, 5.41) is 30.5. The molecule has 4 atom stereocenters. The van der Waals surface area contributed by atoms with Crippen LogP contribution in [0.5, 0.6) is 0 Å². The molecule has 204 valence electrons. The molecule has 5 rings (SSSR count). The molecule has 0 unspecified atom stereocenters. The molecule has 3 aromatic rings. The first-order valence-corrected chi connectivity index (χ1v) is 13.0. The van der Waals surface area contributed by atoms with Crippen molar-refractivity contribution in [1.29, 1.82) is 0 Å². The Hall–Kier alpha value is -3.32. The van der Waals surface area contributed by atoms with Crippen molar-refractivity contribution in [2.75, 3.05) is 17.6 Å². The summed E-state index contributed by atoms with van der Waals surface area (Å²) in [6, 6.07) is 8.07. The Labute approximate surface area is 221 Å². The van der Waals surface area contributed by atoms with Gasteiger partial charge in [-0.15, -0.1) is 0 Å². The number of aliphatic hydroxyl groups excluding tert-OH is 2. The Morgan fingerprint density at radius 2 is 1.84 bits per heavy atom. The van der Waals surface area contributed by atoms with Gasteiger partial charge in [0, 0.05) is 17.8 Å². The molecule has 3 heterocycles. The van der Waals surface area contributed by atoms with Crippen LogP contribution in [0.2, 0.25) is 0 Å². The van der Waals surface area contributed by atoms with E-state index in [1.807, 2.05) is 24.3 Å². The molecule has 1 saturated carbocycles. The second kappa shape index (κ2) is 10.4. The van der Waals surface area contributed by atoms with Crippen molar-refractivity contribution in [3.8, 4) is 0 Å². The predicted molar refractivity (Wildman–Crippen MR) is 142 cm³/mol. The third-order valence-corrected chi connectivity index (χ3v) is 7.34. The summed E-state index contributed by atoms with van der Waals surface area (Å²) < 4.78 is 7.55. The molecule has 0 bridgehead atoms. The molecule has 2 aromatic heterocycles. The van der Waals surface area contributed by atoms with Crippen molar-refractivity contribution in [3.63, 3.8) is 0 Å². The number of aliphatic hydroxyl groups is 2. The van der Waals surface area contributed by atoms with Crippen LogP contribution in [-0.2, 0) is 10.2 Å². The van der Waals surface area contributed by atoms with Crippen molar-refractivity contribution in [1.82, 2.24) is 30.2 Å². The number of rotatable bonds is 7. The summed E-state index contributed by atoms with van der Waals surface area (Å²) in [6.07, 6.45) is 1.40. The number of carbonyl (C=O) groups excluding carboxylic acids is 1. The highest BCUT2D eigenvalue weighted by molar-refractivity contribution is 5.89. The van der Waals surface area contributed by atoms with Gasteiger partial charge in [-0.3, -0.25) is 4.57 Å². The number of anilines is 2. The molecule has 1 aliphatic heterocycles. The lowest BCUT2D eigenvalue weighted by molar-refractivity contribution is -0.0370. The maximum Gasteiger partial charge on any atom is 0.319 e. The van der Waals surface area contributed by atoms with Crippen LogP contribution in [0.1, 0.15) is 51.8 Å². The molecule has 1 aliphatic carbocycles. The van der Waals surface area contributed by atoms with E-state index in [1.54, 1.807) is 4.57 Å². The molecular weight excluding hydrogens is 488 g/mol. The zero-order valence-corrected chi connectivity index (χ0v) is 21.8.